The Labute approximate surface area is 140 Å². The number of aliphatic hydroxyl groups excluding tert-OH is 1. The van der Waals surface area contributed by atoms with E-state index in [4.69, 9.17) is 0 Å². The number of non-ortho nitro benzene ring substituents is 1. The Morgan fingerprint density at radius 1 is 1.25 bits per heavy atom. The summed E-state index contributed by atoms with van der Waals surface area (Å²) in [4.78, 5) is 24.9. The van der Waals surface area contributed by atoms with Gasteiger partial charge in [-0.05, 0) is 44.1 Å². The third kappa shape index (κ3) is 4.23. The van der Waals surface area contributed by atoms with Crippen molar-refractivity contribution >= 4 is 11.7 Å². The Hall–Kier alpha value is -2.15. The second-order valence-electron chi connectivity index (χ2n) is 6.74. The van der Waals surface area contributed by atoms with E-state index in [2.05, 4.69) is 5.32 Å². The number of carbonyl (C=O) groups is 1. The van der Waals surface area contributed by atoms with Gasteiger partial charge >= 0.3 is 6.03 Å². The monoisotopic (exact) mass is 333 g/mol. The highest BCUT2D eigenvalue weighted by Gasteiger charge is 2.34. The van der Waals surface area contributed by atoms with Crippen molar-refractivity contribution in [3.63, 3.8) is 0 Å². The second-order valence-corrected chi connectivity index (χ2v) is 6.74. The topological polar surface area (TPSA) is 95.7 Å². The van der Waals surface area contributed by atoms with Gasteiger partial charge in [0.2, 0.25) is 0 Å². The van der Waals surface area contributed by atoms with Crippen LogP contribution in [0.2, 0.25) is 0 Å². The maximum Gasteiger partial charge on any atom is 0.318 e. The van der Waals surface area contributed by atoms with Gasteiger partial charge in [-0.2, -0.15) is 0 Å². The van der Waals surface area contributed by atoms with Crippen molar-refractivity contribution < 1.29 is 14.8 Å². The summed E-state index contributed by atoms with van der Waals surface area (Å²) in [6, 6.07) is 6.67. The van der Waals surface area contributed by atoms with Gasteiger partial charge in [0.05, 0.1) is 11.0 Å². The van der Waals surface area contributed by atoms with Gasteiger partial charge in [-0.25, -0.2) is 4.79 Å². The van der Waals surface area contributed by atoms with Crippen LogP contribution in [0.3, 0.4) is 0 Å². The lowest BCUT2D eigenvalue weighted by Gasteiger charge is -2.30. The van der Waals surface area contributed by atoms with Crippen LogP contribution in [0.25, 0.3) is 0 Å². The number of hydrogen-bond donors (Lipinski definition) is 2. The number of nitrogens with zero attached hydrogens (tertiary/aromatic N) is 2. The maximum absolute atomic E-state index is 12.6. The molecule has 1 aromatic carbocycles. The summed E-state index contributed by atoms with van der Waals surface area (Å²) in [6.07, 6.45) is 4.74. The fourth-order valence-electron chi connectivity index (χ4n) is 3.20. The summed E-state index contributed by atoms with van der Waals surface area (Å²) in [5, 5.41) is 23.5. The summed E-state index contributed by atoms with van der Waals surface area (Å²) >= 11 is 0. The van der Waals surface area contributed by atoms with E-state index < -0.39 is 4.92 Å². The number of hydrogen-bond acceptors (Lipinski definition) is 4. The van der Waals surface area contributed by atoms with Crippen LogP contribution in [-0.2, 0) is 6.54 Å². The standard InChI is InChI=1S/C17H23N3O4/c21-16-8-4-13(5-9-16)18-17(22)19(14-6-7-14)11-12-2-1-3-15(10-12)20(23)24/h1-3,10,13-14,16,21H,4-9,11H2,(H,18,22). The molecule has 7 heteroatoms. The molecule has 0 aromatic heterocycles. The first-order valence-corrected chi connectivity index (χ1v) is 8.51. The molecule has 0 radical (unpaired) electrons. The molecule has 2 aliphatic rings. The fourth-order valence-corrected chi connectivity index (χ4v) is 3.20. The van der Waals surface area contributed by atoms with Gasteiger partial charge in [-0.1, -0.05) is 12.1 Å². The Morgan fingerprint density at radius 2 is 1.96 bits per heavy atom. The molecule has 2 saturated carbocycles. The second kappa shape index (κ2) is 7.17. The quantitative estimate of drug-likeness (QED) is 0.639. The predicted octanol–water partition coefficient (Wildman–Crippen LogP) is 2.57. The minimum Gasteiger partial charge on any atom is -0.393 e. The molecule has 3 rings (SSSR count). The van der Waals surface area contributed by atoms with Gasteiger partial charge < -0.3 is 15.3 Å². The number of nitro benzene ring substituents is 1. The van der Waals surface area contributed by atoms with Crippen LogP contribution < -0.4 is 5.32 Å². The number of nitro groups is 1. The lowest BCUT2D eigenvalue weighted by molar-refractivity contribution is -0.384. The zero-order valence-corrected chi connectivity index (χ0v) is 13.6. The van der Waals surface area contributed by atoms with Gasteiger partial charge in [0.25, 0.3) is 5.69 Å². The molecule has 0 spiro atoms. The van der Waals surface area contributed by atoms with Crippen molar-refractivity contribution in [1.29, 1.82) is 0 Å². The smallest absolute Gasteiger partial charge is 0.318 e. The summed E-state index contributed by atoms with van der Waals surface area (Å²) in [5.41, 5.74) is 0.815. The molecule has 2 fully saturated rings. The molecule has 7 nitrogen and oxygen atoms in total. The molecular weight excluding hydrogens is 310 g/mol. The average molecular weight is 333 g/mol. The number of rotatable bonds is 5. The lowest BCUT2D eigenvalue weighted by Crippen LogP contribution is -2.47. The van der Waals surface area contributed by atoms with E-state index in [-0.39, 0.29) is 29.9 Å². The highest BCUT2D eigenvalue weighted by molar-refractivity contribution is 5.75. The van der Waals surface area contributed by atoms with Crippen LogP contribution in [-0.4, -0.2) is 39.1 Å². The number of benzene rings is 1. The van der Waals surface area contributed by atoms with Gasteiger partial charge in [-0.15, -0.1) is 0 Å². The zero-order valence-electron chi connectivity index (χ0n) is 13.6. The summed E-state index contributed by atoms with van der Waals surface area (Å²) in [5.74, 6) is 0. The average Bonchev–Trinajstić information content (AvgIpc) is 3.39. The SMILES string of the molecule is O=C(NC1CCC(O)CC1)N(Cc1cccc([N+](=O)[O-])c1)C1CC1. The molecule has 2 N–H and O–H groups in total. The van der Waals surface area contributed by atoms with Crippen molar-refractivity contribution in [3.8, 4) is 0 Å². The van der Waals surface area contributed by atoms with E-state index in [1.165, 1.54) is 12.1 Å². The fraction of sp³-hybridized carbons (Fsp3) is 0.588. The molecule has 0 atom stereocenters. The Morgan fingerprint density at radius 3 is 2.58 bits per heavy atom. The summed E-state index contributed by atoms with van der Waals surface area (Å²) in [6.45, 7) is 0.382. The van der Waals surface area contributed by atoms with E-state index in [0.29, 0.717) is 6.54 Å². The van der Waals surface area contributed by atoms with Crippen molar-refractivity contribution in [2.45, 2.75) is 63.3 Å². The molecular formula is C17H23N3O4. The zero-order chi connectivity index (χ0) is 17.1. The molecule has 0 heterocycles. The van der Waals surface area contributed by atoms with Crippen LogP contribution in [0.15, 0.2) is 24.3 Å². The predicted molar refractivity (Wildman–Crippen MR) is 88.5 cm³/mol. The van der Waals surface area contributed by atoms with Gasteiger partial charge in [0.15, 0.2) is 0 Å². The molecule has 2 amide bonds. The maximum atomic E-state index is 12.6. The van der Waals surface area contributed by atoms with E-state index in [1.54, 1.807) is 11.0 Å². The Kier molecular flexibility index (Phi) is 4.99. The third-order valence-corrected chi connectivity index (χ3v) is 4.75. The molecule has 0 saturated heterocycles. The molecule has 24 heavy (non-hydrogen) atoms. The van der Waals surface area contributed by atoms with Gasteiger partial charge in [0.1, 0.15) is 0 Å². The molecule has 0 bridgehead atoms. The van der Waals surface area contributed by atoms with Crippen molar-refractivity contribution in [2.75, 3.05) is 0 Å². The third-order valence-electron chi connectivity index (χ3n) is 4.75. The van der Waals surface area contributed by atoms with E-state index in [1.807, 2.05) is 6.07 Å². The van der Waals surface area contributed by atoms with Crippen molar-refractivity contribution in [3.05, 3.63) is 39.9 Å². The number of urea groups is 1. The van der Waals surface area contributed by atoms with Crippen LogP contribution >= 0.6 is 0 Å². The van der Waals surface area contributed by atoms with Crippen molar-refractivity contribution in [1.82, 2.24) is 10.2 Å². The first kappa shape index (κ1) is 16.7. The molecule has 0 aliphatic heterocycles. The molecule has 1 aromatic rings. The molecule has 0 unspecified atom stereocenters. The molecule has 130 valence electrons. The minimum atomic E-state index is -0.418. The first-order chi connectivity index (χ1) is 11.5. The van der Waals surface area contributed by atoms with E-state index in [0.717, 1.165) is 44.1 Å². The van der Waals surface area contributed by atoms with Crippen molar-refractivity contribution in [2.24, 2.45) is 0 Å². The Bertz CT molecular complexity index is 610. The van der Waals surface area contributed by atoms with Crippen LogP contribution in [0.4, 0.5) is 10.5 Å². The number of amides is 2. The van der Waals surface area contributed by atoms with Crippen LogP contribution in [0, 0.1) is 10.1 Å². The highest BCUT2D eigenvalue weighted by atomic mass is 16.6. The number of nitrogens with one attached hydrogen (secondary N) is 1. The first-order valence-electron chi connectivity index (χ1n) is 8.51. The minimum absolute atomic E-state index is 0.0462. The Balaban J connectivity index is 1.63. The summed E-state index contributed by atoms with van der Waals surface area (Å²) < 4.78 is 0. The van der Waals surface area contributed by atoms with Crippen LogP contribution in [0.1, 0.15) is 44.1 Å². The van der Waals surface area contributed by atoms with E-state index in [9.17, 15) is 20.0 Å². The largest absolute Gasteiger partial charge is 0.393 e. The number of carbonyl (C=O) groups excluding carboxylic acids is 1. The normalized spacial score (nSPS) is 23.5. The van der Waals surface area contributed by atoms with Gasteiger partial charge in [0, 0.05) is 30.8 Å². The number of aliphatic hydroxyl groups is 1. The van der Waals surface area contributed by atoms with Crippen LogP contribution in [0.5, 0.6) is 0 Å². The highest BCUT2D eigenvalue weighted by Crippen LogP contribution is 2.29. The summed E-state index contributed by atoms with van der Waals surface area (Å²) in [7, 11) is 0. The van der Waals surface area contributed by atoms with Gasteiger partial charge in [-0.3, -0.25) is 10.1 Å². The lowest BCUT2D eigenvalue weighted by atomic mass is 9.93. The molecule has 2 aliphatic carbocycles. The van der Waals surface area contributed by atoms with E-state index >= 15 is 0 Å².